The summed E-state index contributed by atoms with van der Waals surface area (Å²) in [4.78, 5) is 14.5. The van der Waals surface area contributed by atoms with Gasteiger partial charge in [0, 0.05) is 29.5 Å². The predicted octanol–water partition coefficient (Wildman–Crippen LogP) is 2.50. The number of nitrogens with two attached hydrogens (primary N) is 1. The maximum absolute atomic E-state index is 12.5. The molecular weight excluding hydrogens is 304 g/mol. The number of amides is 1. The van der Waals surface area contributed by atoms with Gasteiger partial charge in [-0.1, -0.05) is 28.1 Å². The number of nitrogens with zero attached hydrogens (tertiary/aromatic N) is 1. The van der Waals surface area contributed by atoms with Gasteiger partial charge in [0.2, 0.25) is 5.91 Å². The average molecular weight is 323 g/mol. The molecule has 19 heavy (non-hydrogen) atoms. The SMILES string of the molecule is NC[C@@H]1CCCN1C(=O)[C@H]1C[C@@H]1c1cccc(Br)c1. The smallest absolute Gasteiger partial charge is 0.226 e. The molecule has 1 aromatic carbocycles. The summed E-state index contributed by atoms with van der Waals surface area (Å²) in [6.45, 7) is 1.49. The molecule has 1 aliphatic heterocycles. The van der Waals surface area contributed by atoms with Gasteiger partial charge in [-0.05, 0) is 42.9 Å². The van der Waals surface area contributed by atoms with Crippen molar-refractivity contribution in [1.29, 1.82) is 0 Å². The van der Waals surface area contributed by atoms with Crippen LogP contribution in [-0.4, -0.2) is 29.9 Å². The van der Waals surface area contributed by atoms with Crippen LogP contribution < -0.4 is 5.73 Å². The van der Waals surface area contributed by atoms with E-state index in [1.165, 1.54) is 5.56 Å². The lowest BCUT2D eigenvalue weighted by Crippen LogP contribution is -2.40. The van der Waals surface area contributed by atoms with Gasteiger partial charge in [-0.25, -0.2) is 0 Å². The Morgan fingerprint density at radius 2 is 2.32 bits per heavy atom. The summed E-state index contributed by atoms with van der Waals surface area (Å²) < 4.78 is 1.09. The van der Waals surface area contributed by atoms with Crippen molar-refractivity contribution < 1.29 is 4.79 Å². The molecule has 2 N–H and O–H groups in total. The molecule has 1 amide bonds. The van der Waals surface area contributed by atoms with E-state index in [1.807, 2.05) is 17.0 Å². The second-order valence-corrected chi connectivity index (χ2v) is 6.48. The van der Waals surface area contributed by atoms with E-state index in [2.05, 4.69) is 28.1 Å². The van der Waals surface area contributed by atoms with E-state index in [4.69, 9.17) is 5.73 Å². The van der Waals surface area contributed by atoms with Gasteiger partial charge in [-0.15, -0.1) is 0 Å². The third kappa shape index (κ3) is 2.56. The Morgan fingerprint density at radius 1 is 1.47 bits per heavy atom. The first-order chi connectivity index (χ1) is 9.20. The second-order valence-electron chi connectivity index (χ2n) is 5.57. The molecule has 3 rings (SSSR count). The molecule has 0 radical (unpaired) electrons. The third-order valence-corrected chi connectivity index (χ3v) is 4.81. The van der Waals surface area contributed by atoms with Crippen LogP contribution in [0.15, 0.2) is 28.7 Å². The molecule has 0 bridgehead atoms. The van der Waals surface area contributed by atoms with Crippen molar-refractivity contribution in [2.45, 2.75) is 31.2 Å². The molecule has 1 saturated heterocycles. The van der Waals surface area contributed by atoms with Crippen LogP contribution in [0.2, 0.25) is 0 Å². The van der Waals surface area contributed by atoms with E-state index in [-0.39, 0.29) is 12.0 Å². The van der Waals surface area contributed by atoms with Gasteiger partial charge in [-0.3, -0.25) is 4.79 Å². The van der Waals surface area contributed by atoms with E-state index in [0.717, 1.165) is 30.3 Å². The van der Waals surface area contributed by atoms with Gasteiger partial charge in [0.25, 0.3) is 0 Å². The lowest BCUT2D eigenvalue weighted by atomic mass is 10.1. The van der Waals surface area contributed by atoms with E-state index >= 15 is 0 Å². The van der Waals surface area contributed by atoms with Crippen LogP contribution in [0.4, 0.5) is 0 Å². The van der Waals surface area contributed by atoms with Crippen molar-refractivity contribution in [2.75, 3.05) is 13.1 Å². The maximum Gasteiger partial charge on any atom is 0.226 e. The first-order valence-corrected chi connectivity index (χ1v) is 7.76. The highest BCUT2D eigenvalue weighted by Crippen LogP contribution is 2.49. The van der Waals surface area contributed by atoms with E-state index in [9.17, 15) is 4.79 Å². The van der Waals surface area contributed by atoms with Gasteiger partial charge >= 0.3 is 0 Å². The summed E-state index contributed by atoms with van der Waals surface area (Å²) in [5.41, 5.74) is 7.02. The molecule has 3 nitrogen and oxygen atoms in total. The Balaban J connectivity index is 1.68. The van der Waals surface area contributed by atoms with E-state index < -0.39 is 0 Å². The minimum absolute atomic E-state index is 0.182. The molecule has 2 fully saturated rings. The van der Waals surface area contributed by atoms with Crippen LogP contribution in [0.3, 0.4) is 0 Å². The van der Waals surface area contributed by atoms with Crippen LogP contribution in [0.1, 0.15) is 30.7 Å². The zero-order valence-corrected chi connectivity index (χ0v) is 12.5. The summed E-state index contributed by atoms with van der Waals surface area (Å²) >= 11 is 3.49. The Labute approximate surface area is 122 Å². The van der Waals surface area contributed by atoms with Crippen molar-refractivity contribution in [3.63, 3.8) is 0 Å². The monoisotopic (exact) mass is 322 g/mol. The quantitative estimate of drug-likeness (QED) is 0.929. The van der Waals surface area contributed by atoms with Crippen LogP contribution in [0.25, 0.3) is 0 Å². The summed E-state index contributed by atoms with van der Waals surface area (Å²) in [5, 5.41) is 0. The zero-order valence-electron chi connectivity index (χ0n) is 10.9. The number of carbonyl (C=O) groups excluding carboxylic acids is 1. The van der Waals surface area contributed by atoms with Crippen molar-refractivity contribution in [2.24, 2.45) is 11.7 Å². The number of rotatable bonds is 3. The largest absolute Gasteiger partial charge is 0.338 e. The summed E-state index contributed by atoms with van der Waals surface area (Å²) in [5.74, 6) is 0.906. The second kappa shape index (κ2) is 5.25. The maximum atomic E-state index is 12.5. The standard InChI is InChI=1S/C15H19BrN2O/c16-11-4-1-3-10(7-11)13-8-14(13)15(19)18-6-2-5-12(18)9-17/h1,3-4,7,12-14H,2,5-6,8-9,17H2/t12-,13+,14-/m0/s1. The normalized spacial score (nSPS) is 29.6. The highest BCUT2D eigenvalue weighted by Gasteiger charge is 2.47. The highest BCUT2D eigenvalue weighted by molar-refractivity contribution is 9.10. The molecule has 0 spiro atoms. The van der Waals surface area contributed by atoms with Gasteiger partial charge in [0.1, 0.15) is 0 Å². The van der Waals surface area contributed by atoms with E-state index in [1.54, 1.807) is 0 Å². The van der Waals surface area contributed by atoms with Crippen LogP contribution >= 0.6 is 15.9 Å². The number of benzene rings is 1. The van der Waals surface area contributed by atoms with Crippen LogP contribution in [0, 0.1) is 5.92 Å². The molecule has 4 heteroatoms. The third-order valence-electron chi connectivity index (χ3n) is 4.32. The first-order valence-electron chi connectivity index (χ1n) is 6.96. The summed E-state index contributed by atoms with van der Waals surface area (Å²) in [7, 11) is 0. The molecule has 1 aliphatic carbocycles. The minimum Gasteiger partial charge on any atom is -0.338 e. The zero-order chi connectivity index (χ0) is 13.4. The lowest BCUT2D eigenvalue weighted by Gasteiger charge is -2.23. The highest BCUT2D eigenvalue weighted by atomic mass is 79.9. The summed E-state index contributed by atoms with van der Waals surface area (Å²) in [6, 6.07) is 8.58. The van der Waals surface area contributed by atoms with Crippen LogP contribution in [0.5, 0.6) is 0 Å². The minimum atomic E-state index is 0.182. The number of hydrogen-bond donors (Lipinski definition) is 1. The molecule has 2 aliphatic rings. The topological polar surface area (TPSA) is 46.3 Å². The number of likely N-dealkylation sites (tertiary alicyclic amines) is 1. The molecule has 1 saturated carbocycles. The van der Waals surface area contributed by atoms with Gasteiger partial charge in [0.05, 0.1) is 0 Å². The number of carbonyl (C=O) groups is 1. The van der Waals surface area contributed by atoms with Gasteiger partial charge < -0.3 is 10.6 Å². The number of halogens is 1. The van der Waals surface area contributed by atoms with Gasteiger partial charge in [0.15, 0.2) is 0 Å². The molecule has 0 unspecified atom stereocenters. The van der Waals surface area contributed by atoms with E-state index in [0.29, 0.717) is 18.4 Å². The fourth-order valence-corrected chi connectivity index (χ4v) is 3.57. The van der Waals surface area contributed by atoms with Crippen LogP contribution in [-0.2, 0) is 4.79 Å². The van der Waals surface area contributed by atoms with Crippen molar-refractivity contribution in [3.05, 3.63) is 34.3 Å². The first kappa shape index (κ1) is 13.1. The predicted molar refractivity (Wildman–Crippen MR) is 78.8 cm³/mol. The lowest BCUT2D eigenvalue weighted by molar-refractivity contribution is -0.133. The molecule has 102 valence electrons. The summed E-state index contributed by atoms with van der Waals surface area (Å²) in [6.07, 6.45) is 3.15. The molecule has 1 aromatic rings. The fraction of sp³-hybridized carbons (Fsp3) is 0.533. The van der Waals surface area contributed by atoms with Gasteiger partial charge in [-0.2, -0.15) is 0 Å². The molecule has 3 atom stereocenters. The Bertz CT molecular complexity index is 491. The van der Waals surface area contributed by atoms with Crippen molar-refractivity contribution in [1.82, 2.24) is 4.90 Å². The number of hydrogen-bond acceptors (Lipinski definition) is 2. The molecular formula is C15H19BrN2O. The van der Waals surface area contributed by atoms with Crippen molar-refractivity contribution in [3.8, 4) is 0 Å². The Hall–Kier alpha value is -0.870. The molecule has 0 aromatic heterocycles. The fourth-order valence-electron chi connectivity index (χ4n) is 3.16. The average Bonchev–Trinajstić information content (AvgIpc) is 3.07. The Morgan fingerprint density at radius 3 is 3.05 bits per heavy atom. The molecule has 1 heterocycles. The van der Waals surface area contributed by atoms with Crippen molar-refractivity contribution >= 4 is 21.8 Å². The Kier molecular flexibility index (Phi) is 3.63.